The number of piperazine rings is 1. The predicted molar refractivity (Wildman–Crippen MR) is 111 cm³/mol. The third kappa shape index (κ3) is 5.32. The number of sulfonamides is 1. The first-order valence-corrected chi connectivity index (χ1v) is 11.2. The first-order valence-electron chi connectivity index (χ1n) is 9.41. The van der Waals surface area contributed by atoms with Crippen LogP contribution in [0.15, 0.2) is 47.4 Å². The summed E-state index contributed by atoms with van der Waals surface area (Å²) in [5, 5.41) is 11.1. The zero-order valence-corrected chi connectivity index (χ0v) is 18.1. The third-order valence-electron chi connectivity index (χ3n) is 4.93. The Kier molecular flexibility index (Phi) is 6.97. The molecule has 0 radical (unpaired) electrons. The van der Waals surface area contributed by atoms with Crippen molar-refractivity contribution in [3.05, 3.63) is 58.6 Å². The minimum Gasteiger partial charge on any atom is -0.376 e. The lowest BCUT2D eigenvalue weighted by Crippen LogP contribution is -2.51. The number of nitrogens with one attached hydrogen (secondary N) is 1. The maximum absolute atomic E-state index is 13.1. The number of carbonyl (C=O) groups excluding carboxylic acids is 1. The number of halogens is 4. The molecular formula is C20H18ClF3N4O3S. The Morgan fingerprint density at radius 2 is 1.72 bits per heavy atom. The number of carbonyl (C=O) groups is 1. The van der Waals surface area contributed by atoms with Gasteiger partial charge in [0.2, 0.25) is 15.9 Å². The minimum absolute atomic E-state index is 0.0230. The average molecular weight is 487 g/mol. The van der Waals surface area contributed by atoms with E-state index >= 15 is 0 Å². The standard InChI is InChI=1S/C20H18ClF3N4O3S/c21-18-6-5-16(11-17(18)20(22,23)24)32(30,31)28-9-7-27(8-10-28)19(29)13-26-15-3-1-14(12-25)2-4-15/h1-6,11,26H,7-10,13H2. The van der Waals surface area contributed by atoms with E-state index in [1.54, 1.807) is 24.3 Å². The van der Waals surface area contributed by atoms with Gasteiger partial charge < -0.3 is 10.2 Å². The molecule has 2 aromatic rings. The molecule has 3 rings (SSSR count). The molecule has 1 saturated heterocycles. The Hall–Kier alpha value is -2.81. The largest absolute Gasteiger partial charge is 0.417 e. The summed E-state index contributed by atoms with van der Waals surface area (Å²) in [6, 6.07) is 11.0. The second-order valence-corrected chi connectivity index (χ2v) is 9.31. The van der Waals surface area contributed by atoms with Crippen molar-refractivity contribution in [2.24, 2.45) is 0 Å². The number of rotatable bonds is 5. The molecule has 0 aromatic heterocycles. The SMILES string of the molecule is N#Cc1ccc(NCC(=O)N2CCN(S(=O)(=O)c3ccc(Cl)c(C(F)(F)F)c3)CC2)cc1. The summed E-state index contributed by atoms with van der Waals surface area (Å²) in [5.74, 6) is -0.253. The first kappa shape index (κ1) is 23.8. The van der Waals surface area contributed by atoms with Crippen LogP contribution in [0.25, 0.3) is 0 Å². The van der Waals surface area contributed by atoms with Crippen molar-refractivity contribution in [1.82, 2.24) is 9.21 Å². The molecule has 1 aliphatic heterocycles. The Morgan fingerprint density at radius 3 is 2.28 bits per heavy atom. The van der Waals surface area contributed by atoms with Crippen LogP contribution in [0, 0.1) is 11.3 Å². The molecule has 0 aliphatic carbocycles. The van der Waals surface area contributed by atoms with Crippen LogP contribution in [-0.4, -0.2) is 56.3 Å². The minimum atomic E-state index is -4.78. The van der Waals surface area contributed by atoms with Gasteiger partial charge in [-0.2, -0.15) is 22.7 Å². The molecule has 0 saturated carbocycles. The molecule has 170 valence electrons. The van der Waals surface area contributed by atoms with Crippen molar-refractivity contribution in [3.63, 3.8) is 0 Å². The molecular weight excluding hydrogens is 469 g/mol. The van der Waals surface area contributed by atoms with Gasteiger partial charge in [-0.3, -0.25) is 4.79 Å². The number of amides is 1. The Balaban J connectivity index is 1.61. The Labute approximate surface area is 188 Å². The van der Waals surface area contributed by atoms with Gasteiger partial charge in [0.05, 0.1) is 33.7 Å². The molecule has 0 spiro atoms. The number of nitrogens with zero attached hydrogens (tertiary/aromatic N) is 3. The number of hydrogen-bond donors (Lipinski definition) is 1. The molecule has 32 heavy (non-hydrogen) atoms. The molecule has 1 aliphatic rings. The van der Waals surface area contributed by atoms with E-state index in [1.807, 2.05) is 6.07 Å². The van der Waals surface area contributed by atoms with E-state index in [-0.39, 0.29) is 38.6 Å². The van der Waals surface area contributed by atoms with E-state index in [4.69, 9.17) is 16.9 Å². The van der Waals surface area contributed by atoms with Gasteiger partial charge in [0.15, 0.2) is 0 Å². The van der Waals surface area contributed by atoms with Crippen molar-refractivity contribution in [3.8, 4) is 6.07 Å². The Bertz CT molecular complexity index is 1140. The second kappa shape index (κ2) is 9.36. The molecule has 7 nitrogen and oxygen atoms in total. The molecule has 1 amide bonds. The molecule has 1 N–H and O–H groups in total. The summed E-state index contributed by atoms with van der Waals surface area (Å²) >= 11 is 5.57. The van der Waals surface area contributed by atoms with Crippen molar-refractivity contribution < 1.29 is 26.4 Å². The number of benzene rings is 2. The molecule has 1 fully saturated rings. The molecule has 0 atom stereocenters. The zero-order chi connectivity index (χ0) is 23.5. The van der Waals surface area contributed by atoms with Gasteiger partial charge in [0, 0.05) is 31.9 Å². The van der Waals surface area contributed by atoms with Gasteiger partial charge in [-0.25, -0.2) is 8.42 Å². The van der Waals surface area contributed by atoms with E-state index in [9.17, 15) is 26.4 Å². The Morgan fingerprint density at radius 1 is 1.09 bits per heavy atom. The zero-order valence-electron chi connectivity index (χ0n) is 16.6. The summed E-state index contributed by atoms with van der Waals surface area (Å²) < 4.78 is 65.9. The average Bonchev–Trinajstić information content (AvgIpc) is 2.77. The van der Waals surface area contributed by atoms with E-state index in [1.165, 1.54) is 4.90 Å². The lowest BCUT2D eigenvalue weighted by atomic mass is 10.2. The number of alkyl halides is 3. The summed E-state index contributed by atoms with van der Waals surface area (Å²) in [6.45, 7) is 0.0915. The highest BCUT2D eigenvalue weighted by atomic mass is 35.5. The van der Waals surface area contributed by atoms with Gasteiger partial charge >= 0.3 is 6.18 Å². The van der Waals surface area contributed by atoms with Crippen LogP contribution in [0.3, 0.4) is 0 Å². The van der Waals surface area contributed by atoms with Crippen LogP contribution in [0.1, 0.15) is 11.1 Å². The highest BCUT2D eigenvalue weighted by molar-refractivity contribution is 7.89. The van der Waals surface area contributed by atoms with E-state index in [2.05, 4.69) is 5.32 Å². The summed E-state index contributed by atoms with van der Waals surface area (Å²) in [5.41, 5.74) is -0.0769. The summed E-state index contributed by atoms with van der Waals surface area (Å²) in [4.78, 5) is 13.4. The second-order valence-electron chi connectivity index (χ2n) is 6.97. The topological polar surface area (TPSA) is 93.5 Å². The van der Waals surface area contributed by atoms with Crippen molar-refractivity contribution in [2.75, 3.05) is 38.0 Å². The van der Waals surface area contributed by atoms with Gasteiger partial charge in [-0.15, -0.1) is 0 Å². The number of anilines is 1. The van der Waals surface area contributed by atoms with Crippen molar-refractivity contribution in [2.45, 2.75) is 11.1 Å². The van der Waals surface area contributed by atoms with Crippen LogP contribution in [0.4, 0.5) is 18.9 Å². The molecule has 1 heterocycles. The van der Waals surface area contributed by atoms with Gasteiger partial charge in [-0.05, 0) is 42.5 Å². The van der Waals surface area contributed by atoms with Crippen molar-refractivity contribution >= 4 is 33.2 Å². The summed E-state index contributed by atoms with van der Waals surface area (Å²) in [7, 11) is -4.18. The lowest BCUT2D eigenvalue weighted by molar-refractivity contribution is -0.137. The molecule has 2 aromatic carbocycles. The van der Waals surface area contributed by atoms with Crippen LogP contribution in [0.5, 0.6) is 0 Å². The van der Waals surface area contributed by atoms with Crippen LogP contribution in [0.2, 0.25) is 5.02 Å². The molecule has 0 bridgehead atoms. The summed E-state index contributed by atoms with van der Waals surface area (Å²) in [6.07, 6.45) is -4.78. The van der Waals surface area contributed by atoms with E-state index < -0.39 is 31.7 Å². The highest BCUT2D eigenvalue weighted by Crippen LogP contribution is 2.36. The molecule has 0 unspecified atom stereocenters. The smallest absolute Gasteiger partial charge is 0.376 e. The predicted octanol–water partition coefficient (Wildman–Crippen LogP) is 3.18. The third-order valence-corrected chi connectivity index (χ3v) is 7.15. The van der Waals surface area contributed by atoms with Gasteiger partial charge in [0.1, 0.15) is 0 Å². The number of hydrogen-bond acceptors (Lipinski definition) is 5. The fraction of sp³-hybridized carbons (Fsp3) is 0.300. The maximum Gasteiger partial charge on any atom is 0.417 e. The first-order chi connectivity index (χ1) is 15.0. The maximum atomic E-state index is 13.1. The highest BCUT2D eigenvalue weighted by Gasteiger charge is 2.36. The van der Waals surface area contributed by atoms with E-state index in [0.717, 1.165) is 16.4 Å². The van der Waals surface area contributed by atoms with Crippen LogP contribution >= 0.6 is 11.6 Å². The quantitative estimate of drug-likeness (QED) is 0.700. The van der Waals surface area contributed by atoms with Crippen LogP contribution < -0.4 is 5.32 Å². The lowest BCUT2D eigenvalue weighted by Gasteiger charge is -2.34. The van der Waals surface area contributed by atoms with Crippen LogP contribution in [-0.2, 0) is 21.0 Å². The fourth-order valence-electron chi connectivity index (χ4n) is 3.16. The van der Waals surface area contributed by atoms with Gasteiger partial charge in [0.25, 0.3) is 0 Å². The molecule has 12 heteroatoms. The monoisotopic (exact) mass is 486 g/mol. The van der Waals surface area contributed by atoms with E-state index in [0.29, 0.717) is 17.3 Å². The fourth-order valence-corrected chi connectivity index (χ4v) is 4.83. The normalized spacial score (nSPS) is 15.3. The van der Waals surface area contributed by atoms with Crippen molar-refractivity contribution in [1.29, 1.82) is 5.26 Å². The van der Waals surface area contributed by atoms with Gasteiger partial charge in [-0.1, -0.05) is 11.6 Å². The number of nitriles is 1.